The number of nitrogens with one attached hydrogen (secondary N) is 2. The van der Waals surface area contributed by atoms with Gasteiger partial charge in [-0.2, -0.15) is 9.89 Å². The number of piperazine rings is 1. The van der Waals surface area contributed by atoms with Gasteiger partial charge >= 0.3 is 6.03 Å². The summed E-state index contributed by atoms with van der Waals surface area (Å²) in [7, 11) is 0. The summed E-state index contributed by atoms with van der Waals surface area (Å²) in [5.41, 5.74) is 9.94. The van der Waals surface area contributed by atoms with Crippen LogP contribution in [0.2, 0.25) is 0 Å². The SMILES string of the molecule is CCc1nc2c(N)ncc(-c3cnn(N4CCN(C(=O)NC(C)C)CC4)c3)c2nc1N[C@@H]1CC[C@H](O)C1. The smallest absolute Gasteiger partial charge is 0.317 e. The molecule has 3 aromatic rings. The number of carbonyl (C=O) groups is 1. The highest BCUT2D eigenvalue weighted by Crippen LogP contribution is 2.31. The van der Waals surface area contributed by atoms with E-state index in [2.05, 4.69) is 25.7 Å². The predicted molar refractivity (Wildman–Crippen MR) is 143 cm³/mol. The van der Waals surface area contributed by atoms with E-state index >= 15 is 0 Å². The van der Waals surface area contributed by atoms with Crippen molar-refractivity contribution in [3.05, 3.63) is 24.3 Å². The second kappa shape index (κ2) is 10.4. The average Bonchev–Trinajstić information content (AvgIpc) is 3.53. The van der Waals surface area contributed by atoms with E-state index < -0.39 is 0 Å². The van der Waals surface area contributed by atoms with Crippen LogP contribution >= 0.6 is 0 Å². The number of aliphatic hydroxyl groups excluding tert-OH is 1. The van der Waals surface area contributed by atoms with Crippen molar-refractivity contribution in [2.24, 2.45) is 0 Å². The molecule has 3 aromatic heterocycles. The predicted octanol–water partition coefficient (Wildman–Crippen LogP) is 1.73. The number of anilines is 2. The van der Waals surface area contributed by atoms with E-state index in [0.717, 1.165) is 35.5 Å². The highest BCUT2D eigenvalue weighted by molar-refractivity contribution is 5.96. The second-order valence-corrected chi connectivity index (χ2v) is 10.1. The summed E-state index contributed by atoms with van der Waals surface area (Å²) in [5.74, 6) is 1.07. The highest BCUT2D eigenvalue weighted by atomic mass is 16.3. The molecule has 0 aromatic carbocycles. The van der Waals surface area contributed by atoms with Crippen LogP contribution in [-0.4, -0.2) is 85.2 Å². The molecule has 0 bridgehead atoms. The molecule has 12 heteroatoms. The van der Waals surface area contributed by atoms with E-state index in [9.17, 15) is 9.90 Å². The zero-order chi connectivity index (χ0) is 26.1. The molecule has 0 radical (unpaired) electrons. The quantitative estimate of drug-likeness (QED) is 0.390. The van der Waals surface area contributed by atoms with E-state index in [0.29, 0.717) is 55.9 Å². The standard InChI is InChI=1S/C25H36N10O2/c1-4-20-24(30-17-5-6-18(36)11-17)32-21-19(13-27-23(26)22(21)31-20)16-12-28-35(14-16)34-9-7-33(8-10-34)25(37)29-15(2)3/h12-15,17-18,36H,4-11H2,1-3H3,(H2,26,27)(H,29,37)(H,30,32)/t17-,18+/m1/s1. The Morgan fingerprint density at radius 1 is 1.16 bits per heavy atom. The molecule has 5 N–H and O–H groups in total. The summed E-state index contributed by atoms with van der Waals surface area (Å²) in [6.45, 7) is 8.55. The van der Waals surface area contributed by atoms with Gasteiger partial charge in [-0.15, -0.1) is 0 Å². The van der Waals surface area contributed by atoms with Gasteiger partial charge < -0.3 is 26.4 Å². The molecule has 2 amide bonds. The molecule has 2 aliphatic rings. The van der Waals surface area contributed by atoms with Crippen molar-refractivity contribution < 1.29 is 9.90 Å². The van der Waals surface area contributed by atoms with Gasteiger partial charge in [-0.25, -0.2) is 19.7 Å². The topological polar surface area (TPSA) is 150 Å². The Kier molecular flexibility index (Phi) is 7.00. The Balaban J connectivity index is 1.39. The summed E-state index contributed by atoms with van der Waals surface area (Å²) >= 11 is 0. The number of nitrogen functional groups attached to an aromatic ring is 1. The molecule has 12 nitrogen and oxygen atoms in total. The molecule has 1 saturated carbocycles. The van der Waals surface area contributed by atoms with Gasteiger partial charge in [0.05, 0.1) is 37.3 Å². The van der Waals surface area contributed by atoms with E-state index in [1.807, 2.05) is 36.7 Å². The number of amides is 2. The lowest BCUT2D eigenvalue weighted by Crippen LogP contribution is -2.55. The first kappa shape index (κ1) is 25.0. The van der Waals surface area contributed by atoms with Crippen LogP contribution in [0.3, 0.4) is 0 Å². The molecule has 198 valence electrons. The number of nitrogens with zero attached hydrogens (tertiary/aromatic N) is 7. The maximum Gasteiger partial charge on any atom is 0.317 e. The molecule has 0 spiro atoms. The van der Waals surface area contributed by atoms with E-state index in [-0.39, 0.29) is 24.2 Å². The number of urea groups is 1. The fraction of sp³-hybridized carbons (Fsp3) is 0.560. The summed E-state index contributed by atoms with van der Waals surface area (Å²) in [6.07, 6.45) is 8.27. The third-order valence-corrected chi connectivity index (χ3v) is 7.01. The number of hydrogen-bond donors (Lipinski definition) is 4. The summed E-state index contributed by atoms with van der Waals surface area (Å²) in [6, 6.07) is 0.245. The molecule has 2 atom stereocenters. The zero-order valence-corrected chi connectivity index (χ0v) is 21.7. The molecule has 37 heavy (non-hydrogen) atoms. The number of aryl methyl sites for hydroxylation is 1. The lowest BCUT2D eigenvalue weighted by molar-refractivity contribution is 0.182. The molecule has 2 fully saturated rings. The van der Waals surface area contributed by atoms with Crippen molar-refractivity contribution in [1.82, 2.24) is 35.1 Å². The molecule has 0 unspecified atom stereocenters. The molecule has 5 rings (SSSR count). The zero-order valence-electron chi connectivity index (χ0n) is 21.7. The number of carbonyl (C=O) groups excluding carboxylic acids is 1. The van der Waals surface area contributed by atoms with Crippen molar-refractivity contribution >= 4 is 28.7 Å². The van der Waals surface area contributed by atoms with Gasteiger partial charge in [-0.1, -0.05) is 6.92 Å². The minimum Gasteiger partial charge on any atom is -0.393 e. The normalized spacial score (nSPS) is 20.1. The van der Waals surface area contributed by atoms with Crippen LogP contribution < -0.4 is 21.4 Å². The number of pyridine rings is 1. The lowest BCUT2D eigenvalue weighted by Gasteiger charge is -2.35. The fourth-order valence-electron chi connectivity index (χ4n) is 5.00. The van der Waals surface area contributed by atoms with Gasteiger partial charge in [0.1, 0.15) is 16.9 Å². The minimum absolute atomic E-state index is 0.0308. The first-order valence-corrected chi connectivity index (χ1v) is 13.1. The van der Waals surface area contributed by atoms with Crippen LogP contribution in [0.5, 0.6) is 0 Å². The van der Waals surface area contributed by atoms with Gasteiger partial charge in [-0.3, -0.25) is 5.01 Å². The number of aliphatic hydroxyl groups is 1. The first-order valence-electron chi connectivity index (χ1n) is 13.1. The Morgan fingerprint density at radius 3 is 2.62 bits per heavy atom. The number of fused-ring (bicyclic) bond motifs is 1. The molecule has 1 saturated heterocycles. The van der Waals surface area contributed by atoms with Gasteiger partial charge in [0.15, 0.2) is 5.82 Å². The van der Waals surface area contributed by atoms with E-state index in [1.54, 1.807) is 12.4 Å². The highest BCUT2D eigenvalue weighted by Gasteiger charge is 2.25. The first-order chi connectivity index (χ1) is 17.8. The van der Waals surface area contributed by atoms with Crippen LogP contribution in [0.1, 0.15) is 45.7 Å². The van der Waals surface area contributed by atoms with Crippen LogP contribution in [0.15, 0.2) is 18.6 Å². The van der Waals surface area contributed by atoms with Crippen LogP contribution in [-0.2, 0) is 6.42 Å². The van der Waals surface area contributed by atoms with Gasteiger partial charge in [0.25, 0.3) is 0 Å². The third kappa shape index (κ3) is 5.24. The summed E-state index contributed by atoms with van der Waals surface area (Å²) in [5, 5.41) is 23.1. The van der Waals surface area contributed by atoms with Crippen LogP contribution in [0, 0.1) is 0 Å². The molecule has 1 aliphatic heterocycles. The molecular formula is C25H36N10O2. The number of nitrogens with two attached hydrogens (primary N) is 1. The third-order valence-electron chi connectivity index (χ3n) is 7.01. The largest absolute Gasteiger partial charge is 0.393 e. The Morgan fingerprint density at radius 2 is 1.95 bits per heavy atom. The Labute approximate surface area is 216 Å². The van der Waals surface area contributed by atoms with E-state index in [4.69, 9.17) is 15.7 Å². The number of hydrogen-bond acceptors (Lipinski definition) is 9. The van der Waals surface area contributed by atoms with Crippen LogP contribution in [0.25, 0.3) is 22.2 Å². The fourth-order valence-corrected chi connectivity index (χ4v) is 5.00. The minimum atomic E-state index is -0.274. The molecule has 1 aliphatic carbocycles. The van der Waals surface area contributed by atoms with Gasteiger partial charge in [0.2, 0.25) is 0 Å². The monoisotopic (exact) mass is 508 g/mol. The van der Waals surface area contributed by atoms with Crippen molar-refractivity contribution in [2.75, 3.05) is 42.2 Å². The Bertz CT molecular complexity index is 1270. The average molecular weight is 509 g/mol. The molecule has 4 heterocycles. The second-order valence-electron chi connectivity index (χ2n) is 10.1. The van der Waals surface area contributed by atoms with Crippen molar-refractivity contribution in [3.63, 3.8) is 0 Å². The van der Waals surface area contributed by atoms with Crippen LogP contribution in [0.4, 0.5) is 16.4 Å². The van der Waals surface area contributed by atoms with Crippen molar-refractivity contribution in [2.45, 2.75) is 64.6 Å². The van der Waals surface area contributed by atoms with Gasteiger partial charge in [-0.05, 0) is 39.5 Å². The number of aromatic nitrogens is 5. The lowest BCUT2D eigenvalue weighted by atomic mass is 10.1. The number of rotatable bonds is 6. The van der Waals surface area contributed by atoms with E-state index in [1.165, 1.54) is 0 Å². The Hall–Kier alpha value is -3.67. The summed E-state index contributed by atoms with van der Waals surface area (Å²) in [4.78, 5) is 30.2. The van der Waals surface area contributed by atoms with Gasteiger partial charge in [0, 0.05) is 42.5 Å². The van der Waals surface area contributed by atoms with Crippen molar-refractivity contribution in [1.29, 1.82) is 0 Å². The molecular weight excluding hydrogens is 472 g/mol. The summed E-state index contributed by atoms with van der Waals surface area (Å²) < 4.78 is 0. The maximum atomic E-state index is 12.3. The maximum absolute atomic E-state index is 12.3. The van der Waals surface area contributed by atoms with Crippen molar-refractivity contribution in [3.8, 4) is 11.1 Å².